The van der Waals surface area contributed by atoms with Gasteiger partial charge in [-0.05, 0) is 44.6 Å². The molecule has 4 heterocycles. The van der Waals surface area contributed by atoms with E-state index < -0.39 is 0 Å². The van der Waals surface area contributed by atoms with Crippen LogP contribution >= 0.6 is 0 Å². The van der Waals surface area contributed by atoms with Gasteiger partial charge in [-0.3, -0.25) is 4.90 Å². The van der Waals surface area contributed by atoms with Crippen molar-refractivity contribution in [3.63, 3.8) is 0 Å². The zero-order valence-electron chi connectivity index (χ0n) is 10.8. The van der Waals surface area contributed by atoms with Crippen molar-refractivity contribution in [1.82, 2.24) is 9.80 Å². The van der Waals surface area contributed by atoms with Gasteiger partial charge in [0, 0.05) is 37.3 Å². The molecule has 3 atom stereocenters. The number of nitrogens with zero attached hydrogens (tertiary/aromatic N) is 2. The second kappa shape index (κ2) is 4.01. The lowest BCUT2D eigenvalue weighted by atomic mass is 9.74. The van der Waals surface area contributed by atoms with Crippen LogP contribution < -0.4 is 0 Å². The lowest BCUT2D eigenvalue weighted by Crippen LogP contribution is -2.58. The zero-order chi connectivity index (χ0) is 11.2. The van der Waals surface area contributed by atoms with Crippen molar-refractivity contribution in [2.45, 2.75) is 44.6 Å². The highest BCUT2D eigenvalue weighted by atomic mass is 15.2. The summed E-state index contributed by atoms with van der Waals surface area (Å²) < 4.78 is 0. The van der Waals surface area contributed by atoms with Gasteiger partial charge in [0.15, 0.2) is 0 Å². The standard InChI is InChI=1S/C15H24N2/c1-3-7-16-11-13-9-12(14(16)5-1)10-17-8-4-2-6-15(13)17/h5,12-13,15H,1-4,6-11H2/t12-,13?,15-/m0/s1. The van der Waals surface area contributed by atoms with Crippen LogP contribution in [0, 0.1) is 11.8 Å². The quantitative estimate of drug-likeness (QED) is 0.633. The van der Waals surface area contributed by atoms with Gasteiger partial charge < -0.3 is 4.90 Å². The maximum absolute atomic E-state index is 2.83. The van der Waals surface area contributed by atoms with Crippen molar-refractivity contribution >= 4 is 0 Å². The Hall–Kier alpha value is -0.500. The highest BCUT2D eigenvalue weighted by Gasteiger charge is 2.43. The summed E-state index contributed by atoms with van der Waals surface area (Å²) in [5.41, 5.74) is 1.72. The first-order valence-corrected chi connectivity index (χ1v) is 7.61. The summed E-state index contributed by atoms with van der Waals surface area (Å²) in [5.74, 6) is 1.85. The van der Waals surface area contributed by atoms with Gasteiger partial charge in [0.2, 0.25) is 0 Å². The molecule has 0 N–H and O–H groups in total. The first kappa shape index (κ1) is 10.4. The molecule has 3 fully saturated rings. The molecule has 3 saturated heterocycles. The molecule has 0 saturated carbocycles. The highest BCUT2D eigenvalue weighted by Crippen LogP contribution is 2.42. The third kappa shape index (κ3) is 1.64. The molecule has 2 nitrogen and oxygen atoms in total. The molecule has 0 spiro atoms. The number of hydrogen-bond donors (Lipinski definition) is 0. The number of hydrogen-bond acceptors (Lipinski definition) is 2. The summed E-state index contributed by atoms with van der Waals surface area (Å²) in [6, 6.07) is 0.934. The Kier molecular flexibility index (Phi) is 2.46. The predicted octanol–water partition coefficient (Wildman–Crippen LogP) is 2.47. The third-order valence-electron chi connectivity index (χ3n) is 5.47. The van der Waals surface area contributed by atoms with Gasteiger partial charge in [-0.15, -0.1) is 0 Å². The van der Waals surface area contributed by atoms with E-state index in [4.69, 9.17) is 0 Å². The smallest absolute Gasteiger partial charge is 0.0218 e. The third-order valence-corrected chi connectivity index (χ3v) is 5.47. The molecule has 94 valence electrons. The van der Waals surface area contributed by atoms with Gasteiger partial charge in [-0.1, -0.05) is 12.5 Å². The summed E-state index contributed by atoms with van der Waals surface area (Å²) in [5, 5.41) is 0. The fourth-order valence-corrected chi connectivity index (χ4v) is 4.76. The van der Waals surface area contributed by atoms with Crippen molar-refractivity contribution in [3.05, 3.63) is 11.8 Å². The second-order valence-corrected chi connectivity index (χ2v) is 6.47. The van der Waals surface area contributed by atoms with Crippen LogP contribution in [-0.2, 0) is 0 Å². The van der Waals surface area contributed by atoms with E-state index in [1.807, 2.05) is 0 Å². The number of allylic oxidation sites excluding steroid dienone is 1. The van der Waals surface area contributed by atoms with Gasteiger partial charge in [0.25, 0.3) is 0 Å². The largest absolute Gasteiger partial charge is 0.374 e. The van der Waals surface area contributed by atoms with Gasteiger partial charge in [0.05, 0.1) is 0 Å². The normalized spacial score (nSPS) is 41.5. The van der Waals surface area contributed by atoms with E-state index in [1.54, 1.807) is 5.70 Å². The number of piperidine rings is 3. The van der Waals surface area contributed by atoms with E-state index in [2.05, 4.69) is 15.9 Å². The Bertz CT molecular complexity index is 336. The van der Waals surface area contributed by atoms with Crippen molar-refractivity contribution in [1.29, 1.82) is 0 Å². The SMILES string of the molecule is C1=C2[C@H]3CC(CN2CCC1)[C@@H]1CCCCN1C3. The molecule has 0 aromatic carbocycles. The molecule has 4 rings (SSSR count). The Morgan fingerprint density at radius 3 is 3.06 bits per heavy atom. The molecule has 0 amide bonds. The summed E-state index contributed by atoms with van der Waals surface area (Å²) in [6.45, 7) is 5.45. The zero-order valence-corrected chi connectivity index (χ0v) is 10.8. The van der Waals surface area contributed by atoms with Crippen molar-refractivity contribution in [2.24, 2.45) is 11.8 Å². The molecule has 4 aliphatic rings. The van der Waals surface area contributed by atoms with Crippen LogP contribution in [0.25, 0.3) is 0 Å². The molecule has 0 aromatic heterocycles. The van der Waals surface area contributed by atoms with Crippen LogP contribution in [0.2, 0.25) is 0 Å². The van der Waals surface area contributed by atoms with E-state index in [1.165, 1.54) is 64.7 Å². The van der Waals surface area contributed by atoms with Crippen LogP contribution in [0.3, 0.4) is 0 Å². The Balaban J connectivity index is 1.62. The molecule has 4 aliphatic heterocycles. The van der Waals surface area contributed by atoms with Crippen molar-refractivity contribution in [2.75, 3.05) is 26.2 Å². The summed E-state index contributed by atoms with van der Waals surface area (Å²) in [4.78, 5) is 5.56. The Morgan fingerprint density at radius 2 is 2.06 bits per heavy atom. The van der Waals surface area contributed by atoms with Crippen LogP contribution in [0.5, 0.6) is 0 Å². The first-order chi connectivity index (χ1) is 8.42. The number of rotatable bonds is 0. The fourth-order valence-electron chi connectivity index (χ4n) is 4.76. The maximum Gasteiger partial charge on any atom is 0.0218 e. The lowest BCUT2D eigenvalue weighted by Gasteiger charge is -2.54. The minimum atomic E-state index is 0.878. The lowest BCUT2D eigenvalue weighted by molar-refractivity contribution is -0.00969. The minimum Gasteiger partial charge on any atom is -0.374 e. The first-order valence-electron chi connectivity index (χ1n) is 7.61. The molecule has 2 bridgehead atoms. The van der Waals surface area contributed by atoms with Gasteiger partial charge in [-0.25, -0.2) is 0 Å². The molecule has 2 heteroatoms. The average molecular weight is 232 g/mol. The Labute approximate surface area is 105 Å². The summed E-state index contributed by atoms with van der Waals surface area (Å²) >= 11 is 0. The molecular weight excluding hydrogens is 208 g/mol. The molecule has 1 unspecified atom stereocenters. The van der Waals surface area contributed by atoms with E-state index in [9.17, 15) is 0 Å². The number of fused-ring (bicyclic) bond motifs is 6. The molecule has 0 aromatic rings. The second-order valence-electron chi connectivity index (χ2n) is 6.47. The van der Waals surface area contributed by atoms with Gasteiger partial charge in [0.1, 0.15) is 0 Å². The molecule has 0 aliphatic carbocycles. The van der Waals surface area contributed by atoms with E-state index in [-0.39, 0.29) is 0 Å². The van der Waals surface area contributed by atoms with E-state index in [0.717, 1.165) is 17.9 Å². The highest BCUT2D eigenvalue weighted by molar-refractivity contribution is 5.16. The van der Waals surface area contributed by atoms with Gasteiger partial charge >= 0.3 is 0 Å². The fraction of sp³-hybridized carbons (Fsp3) is 0.867. The van der Waals surface area contributed by atoms with Crippen molar-refractivity contribution < 1.29 is 0 Å². The molecule has 0 radical (unpaired) electrons. The topological polar surface area (TPSA) is 6.48 Å². The molecule has 17 heavy (non-hydrogen) atoms. The van der Waals surface area contributed by atoms with Gasteiger partial charge in [-0.2, -0.15) is 0 Å². The summed E-state index contributed by atoms with van der Waals surface area (Å²) in [6.07, 6.45) is 11.2. The average Bonchev–Trinajstić information content (AvgIpc) is 2.39. The predicted molar refractivity (Wildman–Crippen MR) is 69.7 cm³/mol. The van der Waals surface area contributed by atoms with Crippen LogP contribution in [-0.4, -0.2) is 42.0 Å². The minimum absolute atomic E-state index is 0.878. The summed E-state index contributed by atoms with van der Waals surface area (Å²) in [7, 11) is 0. The van der Waals surface area contributed by atoms with E-state index >= 15 is 0 Å². The Morgan fingerprint density at radius 1 is 1.06 bits per heavy atom. The van der Waals surface area contributed by atoms with Crippen LogP contribution in [0.4, 0.5) is 0 Å². The van der Waals surface area contributed by atoms with E-state index in [0.29, 0.717) is 0 Å². The monoisotopic (exact) mass is 232 g/mol. The van der Waals surface area contributed by atoms with Crippen LogP contribution in [0.1, 0.15) is 38.5 Å². The maximum atomic E-state index is 2.83. The molecular formula is C15H24N2. The van der Waals surface area contributed by atoms with Crippen LogP contribution in [0.15, 0.2) is 11.8 Å². The van der Waals surface area contributed by atoms with Crippen molar-refractivity contribution in [3.8, 4) is 0 Å².